The molecule has 3 amide bonds. The van der Waals surface area contributed by atoms with Crippen LogP contribution in [-0.2, 0) is 19.1 Å². The third kappa shape index (κ3) is 6.41. The molecule has 0 saturated carbocycles. The summed E-state index contributed by atoms with van der Waals surface area (Å²) >= 11 is 0. The van der Waals surface area contributed by atoms with E-state index in [-0.39, 0.29) is 62.8 Å². The molecule has 3 heterocycles. The van der Waals surface area contributed by atoms with Crippen LogP contribution >= 0.6 is 0 Å². The number of halogens is 2. The van der Waals surface area contributed by atoms with Crippen LogP contribution in [0.1, 0.15) is 30.1 Å². The molecule has 208 valence electrons. The Balaban J connectivity index is 1.34. The van der Waals surface area contributed by atoms with Crippen molar-refractivity contribution in [1.82, 2.24) is 15.2 Å². The molecule has 0 unspecified atom stereocenters. The number of amides is 3. The number of carbonyl (C=O) groups excluding carboxylic acids is 4. The van der Waals surface area contributed by atoms with Gasteiger partial charge in [-0.3, -0.25) is 24.3 Å². The number of anilines is 2. The fraction of sp³-hybridized carbons (Fsp3) is 0.423. The highest BCUT2D eigenvalue weighted by Crippen LogP contribution is 2.32. The molecular formula is C26H29F2N5O6. The molecule has 2 saturated heterocycles. The predicted molar refractivity (Wildman–Crippen MR) is 135 cm³/mol. The first-order valence-electron chi connectivity index (χ1n) is 12.5. The minimum atomic E-state index is -0.854. The third-order valence-corrected chi connectivity index (χ3v) is 6.63. The monoisotopic (exact) mass is 545 g/mol. The number of hydrogen-bond acceptors (Lipinski definition) is 8. The summed E-state index contributed by atoms with van der Waals surface area (Å²) < 4.78 is 40.0. The van der Waals surface area contributed by atoms with Crippen molar-refractivity contribution in [3.05, 3.63) is 53.9 Å². The molecule has 0 radical (unpaired) electrons. The molecule has 0 aliphatic carbocycles. The number of pyridine rings is 1. The zero-order chi connectivity index (χ0) is 28.1. The number of benzene rings is 1. The van der Waals surface area contributed by atoms with Crippen molar-refractivity contribution in [2.75, 3.05) is 49.6 Å². The maximum atomic E-state index is 15.1. The first kappa shape index (κ1) is 27.7. The maximum absolute atomic E-state index is 15.1. The molecule has 2 aliphatic rings. The average Bonchev–Trinajstić information content (AvgIpc) is 3.32. The molecule has 4 rings (SSSR count). The van der Waals surface area contributed by atoms with Gasteiger partial charge in [0.1, 0.15) is 17.8 Å². The molecule has 2 atom stereocenters. The van der Waals surface area contributed by atoms with Crippen LogP contribution in [0.25, 0.3) is 0 Å². The third-order valence-electron chi connectivity index (χ3n) is 6.63. The topological polar surface area (TPSA) is 121 Å². The molecule has 1 aromatic carbocycles. The highest BCUT2D eigenvalue weighted by molar-refractivity contribution is 5.97. The van der Waals surface area contributed by atoms with E-state index in [0.29, 0.717) is 5.56 Å². The Morgan fingerprint density at radius 2 is 1.87 bits per heavy atom. The van der Waals surface area contributed by atoms with E-state index < -0.39 is 41.7 Å². The van der Waals surface area contributed by atoms with E-state index in [1.165, 1.54) is 29.3 Å². The Bertz CT molecular complexity index is 1220. The van der Waals surface area contributed by atoms with Crippen LogP contribution in [0.3, 0.4) is 0 Å². The summed E-state index contributed by atoms with van der Waals surface area (Å²) in [6.45, 7) is 2.36. The zero-order valence-corrected chi connectivity index (χ0v) is 21.6. The Morgan fingerprint density at radius 3 is 2.49 bits per heavy atom. The number of rotatable bonds is 8. The minimum Gasteiger partial charge on any atom is -0.469 e. The van der Waals surface area contributed by atoms with Crippen molar-refractivity contribution < 1.29 is 37.4 Å². The molecule has 13 heteroatoms. The Labute approximate surface area is 223 Å². The number of aromatic nitrogens is 1. The Morgan fingerprint density at radius 1 is 1.18 bits per heavy atom. The minimum absolute atomic E-state index is 0.00585. The molecule has 1 aromatic heterocycles. The number of nitrogens with zero attached hydrogens (tertiary/aromatic N) is 4. The van der Waals surface area contributed by atoms with Gasteiger partial charge in [0.25, 0.3) is 5.91 Å². The average molecular weight is 546 g/mol. The maximum Gasteiger partial charge on any atom is 0.414 e. The highest BCUT2D eigenvalue weighted by Gasteiger charge is 2.34. The van der Waals surface area contributed by atoms with E-state index in [1.54, 1.807) is 19.1 Å². The van der Waals surface area contributed by atoms with Gasteiger partial charge in [-0.2, -0.15) is 0 Å². The lowest BCUT2D eigenvalue weighted by molar-refractivity contribution is -0.141. The largest absolute Gasteiger partial charge is 0.469 e. The Hall–Kier alpha value is -4.29. The van der Waals surface area contributed by atoms with Crippen LogP contribution in [0, 0.1) is 11.6 Å². The van der Waals surface area contributed by atoms with Gasteiger partial charge in [0.05, 0.1) is 24.9 Å². The van der Waals surface area contributed by atoms with Crippen molar-refractivity contribution in [3.63, 3.8) is 0 Å². The van der Waals surface area contributed by atoms with Gasteiger partial charge in [0.2, 0.25) is 5.91 Å². The molecule has 0 spiro atoms. The number of ether oxygens (including phenoxy) is 2. The first-order valence-corrected chi connectivity index (χ1v) is 12.5. The summed E-state index contributed by atoms with van der Waals surface area (Å²) in [5.74, 6) is -2.89. The second kappa shape index (κ2) is 12.0. The fourth-order valence-electron chi connectivity index (χ4n) is 4.54. The van der Waals surface area contributed by atoms with Crippen molar-refractivity contribution in [3.8, 4) is 0 Å². The van der Waals surface area contributed by atoms with Gasteiger partial charge in [-0.25, -0.2) is 13.6 Å². The van der Waals surface area contributed by atoms with Gasteiger partial charge in [-0.15, -0.1) is 0 Å². The number of methoxy groups -OCH3 is 1. The molecule has 0 bridgehead atoms. The predicted octanol–water partition coefficient (Wildman–Crippen LogP) is 2.11. The van der Waals surface area contributed by atoms with E-state index in [4.69, 9.17) is 4.74 Å². The van der Waals surface area contributed by atoms with E-state index in [0.717, 1.165) is 17.0 Å². The zero-order valence-electron chi connectivity index (χ0n) is 21.6. The summed E-state index contributed by atoms with van der Waals surface area (Å²) in [6.07, 6.45) is 1.85. The highest BCUT2D eigenvalue weighted by atomic mass is 19.1. The molecule has 1 N–H and O–H groups in total. The number of carbonyl (C=O) groups is 4. The van der Waals surface area contributed by atoms with Crippen molar-refractivity contribution in [2.24, 2.45) is 0 Å². The molecule has 2 fully saturated rings. The Kier molecular flexibility index (Phi) is 8.57. The van der Waals surface area contributed by atoms with Gasteiger partial charge in [0, 0.05) is 57.1 Å². The lowest BCUT2D eigenvalue weighted by Gasteiger charge is -2.37. The summed E-state index contributed by atoms with van der Waals surface area (Å²) in [4.78, 5) is 56.8. The van der Waals surface area contributed by atoms with E-state index in [2.05, 4.69) is 15.0 Å². The van der Waals surface area contributed by atoms with Crippen LogP contribution in [0.5, 0.6) is 0 Å². The van der Waals surface area contributed by atoms with Gasteiger partial charge >= 0.3 is 12.1 Å². The lowest BCUT2D eigenvalue weighted by atomic mass is 10.1. The van der Waals surface area contributed by atoms with Crippen LogP contribution in [-0.4, -0.2) is 85.7 Å². The summed E-state index contributed by atoms with van der Waals surface area (Å²) in [7, 11) is 1.26. The number of piperazine rings is 1. The van der Waals surface area contributed by atoms with Gasteiger partial charge in [0.15, 0.2) is 11.6 Å². The quantitative estimate of drug-likeness (QED) is 0.501. The number of nitrogens with one attached hydrogen (secondary N) is 1. The smallest absolute Gasteiger partial charge is 0.414 e. The summed E-state index contributed by atoms with van der Waals surface area (Å²) in [6, 6.07) is 4.54. The molecule has 11 nitrogen and oxygen atoms in total. The SMILES string of the molecule is COC(=O)CC[C@H]1CN(c2cc(F)c(N3CCN(C(=O)[C@@H](C)NC(=O)c4cccnc4)CC3)c(F)c2)C(=O)O1. The molecule has 39 heavy (non-hydrogen) atoms. The molecular weight excluding hydrogens is 516 g/mol. The first-order chi connectivity index (χ1) is 18.7. The molecule has 2 aromatic rings. The molecule has 2 aliphatic heterocycles. The van der Waals surface area contributed by atoms with E-state index in [9.17, 15) is 19.2 Å². The second-order valence-electron chi connectivity index (χ2n) is 9.24. The van der Waals surface area contributed by atoms with Gasteiger partial charge in [-0.05, 0) is 25.5 Å². The van der Waals surface area contributed by atoms with Crippen LogP contribution in [0.15, 0.2) is 36.7 Å². The van der Waals surface area contributed by atoms with Crippen molar-refractivity contribution in [2.45, 2.75) is 31.9 Å². The van der Waals surface area contributed by atoms with E-state index >= 15 is 8.78 Å². The van der Waals surface area contributed by atoms with Crippen LogP contribution in [0.4, 0.5) is 25.0 Å². The van der Waals surface area contributed by atoms with Crippen molar-refractivity contribution >= 4 is 35.3 Å². The number of esters is 1. The number of hydrogen-bond donors (Lipinski definition) is 1. The van der Waals surface area contributed by atoms with Crippen molar-refractivity contribution in [1.29, 1.82) is 0 Å². The van der Waals surface area contributed by atoms with E-state index in [1.807, 2.05) is 0 Å². The van der Waals surface area contributed by atoms with Gasteiger partial charge < -0.3 is 24.6 Å². The van der Waals surface area contributed by atoms with Gasteiger partial charge in [-0.1, -0.05) is 0 Å². The summed E-state index contributed by atoms with van der Waals surface area (Å²) in [5, 5.41) is 2.64. The fourth-order valence-corrected chi connectivity index (χ4v) is 4.54. The number of cyclic esters (lactones) is 1. The second-order valence-corrected chi connectivity index (χ2v) is 9.24. The normalized spacial score (nSPS) is 18.0. The van der Waals surface area contributed by atoms with Crippen LogP contribution < -0.4 is 15.1 Å². The van der Waals surface area contributed by atoms with Crippen LogP contribution in [0.2, 0.25) is 0 Å². The standard InChI is InChI=1S/C26H29F2N5O6/c1-16(30-24(35)17-4-3-7-29-14-17)25(36)32-10-8-31(9-11-32)23-20(27)12-18(13-21(23)28)33-15-19(39-26(33)37)5-6-22(34)38-2/h3-4,7,12-14,16,19H,5-6,8-11,15H2,1-2H3,(H,30,35)/t16-,19+/m1/s1. The lowest BCUT2D eigenvalue weighted by Crippen LogP contribution is -2.54. The summed E-state index contributed by atoms with van der Waals surface area (Å²) in [5.41, 5.74) is 0.0835.